The number of thioether (sulfide) groups is 1. The average Bonchev–Trinajstić information content (AvgIpc) is 2.41. The minimum absolute atomic E-state index is 0.0489. The van der Waals surface area contributed by atoms with Crippen molar-refractivity contribution in [1.82, 2.24) is 0 Å². The lowest BCUT2D eigenvalue weighted by atomic mass is 9.90. The number of carbonyl (C=O) groups is 2. The van der Waals surface area contributed by atoms with E-state index in [1.807, 2.05) is 13.0 Å². The van der Waals surface area contributed by atoms with E-state index in [0.29, 0.717) is 36.8 Å². The molecule has 0 spiro atoms. The Hall–Kier alpha value is -1.53. The van der Waals surface area contributed by atoms with Gasteiger partial charge in [-0.2, -0.15) is 0 Å². The summed E-state index contributed by atoms with van der Waals surface area (Å²) in [5.74, 6) is -0.00676. The summed E-state index contributed by atoms with van der Waals surface area (Å²) >= 11 is 1.47. The van der Waals surface area contributed by atoms with Crippen molar-refractivity contribution in [1.29, 1.82) is 0 Å². The fraction of sp³-hybridized carbons (Fsp3) is 0.429. The van der Waals surface area contributed by atoms with Gasteiger partial charge in [0.15, 0.2) is 0 Å². The van der Waals surface area contributed by atoms with E-state index in [0.717, 1.165) is 4.90 Å². The van der Waals surface area contributed by atoms with Crippen molar-refractivity contribution >= 4 is 29.3 Å². The van der Waals surface area contributed by atoms with Crippen molar-refractivity contribution in [2.45, 2.75) is 11.8 Å². The zero-order chi connectivity index (χ0) is 14.2. The van der Waals surface area contributed by atoms with Gasteiger partial charge in [0.25, 0.3) is 0 Å². The molecule has 1 N–H and O–H groups in total. The van der Waals surface area contributed by atoms with Crippen molar-refractivity contribution < 1.29 is 19.1 Å². The van der Waals surface area contributed by atoms with Crippen molar-refractivity contribution in [3.8, 4) is 0 Å². The summed E-state index contributed by atoms with van der Waals surface area (Å²) in [6.07, 6.45) is 0. The fourth-order valence-corrected chi connectivity index (χ4v) is 2.86. The van der Waals surface area contributed by atoms with Crippen LogP contribution >= 0.6 is 11.8 Å². The second-order valence-corrected chi connectivity index (χ2v) is 6.44. The highest BCUT2D eigenvalue weighted by molar-refractivity contribution is 8.00. The van der Waals surface area contributed by atoms with Crippen LogP contribution in [0.4, 0.5) is 5.69 Å². The maximum Gasteiger partial charge on any atom is 0.338 e. The topological polar surface area (TPSA) is 64.6 Å². The van der Waals surface area contributed by atoms with Crippen LogP contribution in [-0.4, -0.2) is 37.4 Å². The summed E-state index contributed by atoms with van der Waals surface area (Å²) in [4.78, 5) is 24.3. The molecule has 0 bridgehead atoms. The summed E-state index contributed by atoms with van der Waals surface area (Å²) in [5, 5.41) is 2.76. The van der Waals surface area contributed by atoms with E-state index in [-0.39, 0.29) is 17.3 Å². The third kappa shape index (κ3) is 2.66. The molecule has 1 aromatic carbocycles. The lowest BCUT2D eigenvalue weighted by Crippen LogP contribution is -2.44. The summed E-state index contributed by atoms with van der Waals surface area (Å²) in [7, 11) is 0. The Bertz CT molecular complexity index is 568. The molecule has 0 saturated carbocycles. The van der Waals surface area contributed by atoms with Crippen LogP contribution in [0.2, 0.25) is 0 Å². The summed E-state index contributed by atoms with van der Waals surface area (Å²) in [6, 6.07) is 5.23. The van der Waals surface area contributed by atoms with Crippen LogP contribution in [0, 0.1) is 5.41 Å². The number of carbonyl (C=O) groups excluding carboxylic acids is 2. The quantitative estimate of drug-likeness (QED) is 0.863. The monoisotopic (exact) mass is 293 g/mol. The van der Waals surface area contributed by atoms with Crippen molar-refractivity contribution in [2.75, 3.05) is 30.9 Å². The number of benzene rings is 1. The van der Waals surface area contributed by atoms with Crippen molar-refractivity contribution in [3.05, 3.63) is 23.8 Å². The smallest absolute Gasteiger partial charge is 0.338 e. The largest absolute Gasteiger partial charge is 0.461 e. The molecular formula is C14H15NO4S. The Morgan fingerprint density at radius 1 is 1.50 bits per heavy atom. The molecule has 20 heavy (non-hydrogen) atoms. The van der Waals surface area contributed by atoms with Crippen LogP contribution < -0.4 is 5.32 Å². The zero-order valence-corrected chi connectivity index (χ0v) is 11.9. The van der Waals surface area contributed by atoms with Gasteiger partial charge in [-0.1, -0.05) is 6.92 Å². The first-order valence-electron chi connectivity index (χ1n) is 6.37. The first-order chi connectivity index (χ1) is 9.56. The number of fused-ring (bicyclic) bond motifs is 1. The van der Waals surface area contributed by atoms with Gasteiger partial charge in [0.1, 0.15) is 6.61 Å². The molecule has 0 aromatic heterocycles. The SMILES string of the molecule is CC1(COC(=O)c2ccc3c(c2)NC(=O)CS3)COC1. The Morgan fingerprint density at radius 2 is 2.30 bits per heavy atom. The Balaban J connectivity index is 1.68. The molecule has 106 valence electrons. The maximum absolute atomic E-state index is 12.0. The highest BCUT2D eigenvalue weighted by Gasteiger charge is 2.35. The maximum atomic E-state index is 12.0. The van der Waals surface area contributed by atoms with Crippen LogP contribution in [-0.2, 0) is 14.3 Å². The van der Waals surface area contributed by atoms with Gasteiger partial charge in [0, 0.05) is 10.3 Å². The molecule has 3 rings (SSSR count). The number of amides is 1. The van der Waals surface area contributed by atoms with Gasteiger partial charge in [0.2, 0.25) is 5.91 Å². The van der Waals surface area contributed by atoms with Gasteiger partial charge in [-0.05, 0) is 18.2 Å². The number of nitrogens with one attached hydrogen (secondary N) is 1. The van der Waals surface area contributed by atoms with Crippen LogP contribution in [0.15, 0.2) is 23.1 Å². The van der Waals surface area contributed by atoms with E-state index in [1.165, 1.54) is 11.8 Å². The summed E-state index contributed by atoms with van der Waals surface area (Å²) in [5.41, 5.74) is 1.07. The first-order valence-corrected chi connectivity index (χ1v) is 7.36. The van der Waals surface area contributed by atoms with Gasteiger partial charge >= 0.3 is 5.97 Å². The molecule has 1 fully saturated rings. The average molecular weight is 293 g/mol. The minimum Gasteiger partial charge on any atom is -0.461 e. The second kappa shape index (κ2) is 5.10. The van der Waals surface area contributed by atoms with Crippen molar-refractivity contribution in [2.24, 2.45) is 5.41 Å². The van der Waals surface area contributed by atoms with Crippen LogP contribution in [0.5, 0.6) is 0 Å². The van der Waals surface area contributed by atoms with Crippen LogP contribution in [0.3, 0.4) is 0 Å². The van der Waals surface area contributed by atoms with Gasteiger partial charge < -0.3 is 14.8 Å². The number of ether oxygens (including phenoxy) is 2. The molecule has 5 nitrogen and oxygen atoms in total. The van der Waals surface area contributed by atoms with E-state index < -0.39 is 0 Å². The summed E-state index contributed by atoms with van der Waals surface area (Å²) < 4.78 is 10.4. The predicted octanol–water partition coefficient (Wildman–Crippen LogP) is 1.92. The normalized spacial score (nSPS) is 19.6. The molecular weight excluding hydrogens is 278 g/mol. The van der Waals surface area contributed by atoms with Crippen molar-refractivity contribution in [3.63, 3.8) is 0 Å². The molecule has 0 aliphatic carbocycles. The Morgan fingerprint density at radius 3 is 3.00 bits per heavy atom. The van der Waals surface area contributed by atoms with Gasteiger partial charge in [-0.15, -0.1) is 11.8 Å². The highest BCUT2D eigenvalue weighted by atomic mass is 32.2. The number of hydrogen-bond donors (Lipinski definition) is 1. The molecule has 6 heteroatoms. The van der Waals surface area contributed by atoms with E-state index in [4.69, 9.17) is 9.47 Å². The van der Waals surface area contributed by atoms with E-state index >= 15 is 0 Å². The zero-order valence-electron chi connectivity index (χ0n) is 11.1. The Labute approximate surface area is 121 Å². The molecule has 0 unspecified atom stereocenters. The molecule has 2 aliphatic rings. The lowest BCUT2D eigenvalue weighted by Gasteiger charge is -2.37. The van der Waals surface area contributed by atoms with Crippen LogP contribution in [0.25, 0.3) is 0 Å². The van der Waals surface area contributed by atoms with Gasteiger partial charge in [0.05, 0.1) is 30.2 Å². The van der Waals surface area contributed by atoms with E-state index in [1.54, 1.807) is 12.1 Å². The minimum atomic E-state index is -0.370. The number of hydrogen-bond acceptors (Lipinski definition) is 5. The molecule has 1 aromatic rings. The third-order valence-electron chi connectivity index (χ3n) is 3.30. The van der Waals surface area contributed by atoms with Gasteiger partial charge in [-0.25, -0.2) is 4.79 Å². The Kier molecular flexibility index (Phi) is 3.43. The number of rotatable bonds is 3. The van der Waals surface area contributed by atoms with E-state index in [2.05, 4.69) is 5.32 Å². The predicted molar refractivity (Wildman–Crippen MR) is 75.0 cm³/mol. The highest BCUT2D eigenvalue weighted by Crippen LogP contribution is 2.32. The second-order valence-electron chi connectivity index (χ2n) is 5.43. The molecule has 2 heterocycles. The molecule has 0 radical (unpaired) electrons. The summed E-state index contributed by atoms with van der Waals surface area (Å²) in [6.45, 7) is 3.62. The van der Waals surface area contributed by atoms with Crippen LogP contribution in [0.1, 0.15) is 17.3 Å². The number of anilines is 1. The molecule has 1 saturated heterocycles. The molecule has 1 amide bonds. The third-order valence-corrected chi connectivity index (χ3v) is 4.37. The molecule has 0 atom stereocenters. The fourth-order valence-electron chi connectivity index (χ4n) is 2.07. The molecule has 2 aliphatic heterocycles. The lowest BCUT2D eigenvalue weighted by molar-refractivity contribution is -0.127. The first kappa shape index (κ1) is 13.5. The number of esters is 1. The standard InChI is InChI=1S/C14H15NO4S/c1-14(6-18-7-14)8-19-13(17)9-2-3-11-10(4-9)15-12(16)5-20-11/h2-4H,5-8H2,1H3,(H,15,16). The van der Waals surface area contributed by atoms with Gasteiger partial charge in [-0.3, -0.25) is 4.79 Å². The van der Waals surface area contributed by atoms with E-state index in [9.17, 15) is 9.59 Å².